The number of pyridine rings is 1. The summed E-state index contributed by atoms with van der Waals surface area (Å²) in [6.07, 6.45) is 4.66. The molecule has 0 radical (unpaired) electrons. The van der Waals surface area contributed by atoms with Gasteiger partial charge in [0, 0.05) is 55.4 Å². The number of carbonyl (C=O) groups is 2. The molecule has 0 bridgehead atoms. The average Bonchev–Trinajstić information content (AvgIpc) is 2.77. The fourth-order valence-corrected chi connectivity index (χ4v) is 3.89. The van der Waals surface area contributed by atoms with Gasteiger partial charge in [0.15, 0.2) is 0 Å². The van der Waals surface area contributed by atoms with Gasteiger partial charge in [-0.25, -0.2) is 13.6 Å². The maximum atomic E-state index is 14.2. The summed E-state index contributed by atoms with van der Waals surface area (Å²) in [6.45, 7) is 4.54. The SMILES string of the molecule is CC(C)(C(=O)NCC(N)C1CCN(C(=O)Nc2ccncc2)CC1)c1ccc(F)cc1F. The maximum Gasteiger partial charge on any atom is 0.321 e. The third-order valence-corrected chi connectivity index (χ3v) is 6.03. The molecule has 2 aromatic rings. The number of likely N-dealkylation sites (tertiary alicyclic amines) is 1. The fraction of sp³-hybridized carbons (Fsp3) is 0.435. The number of amides is 3. The van der Waals surface area contributed by atoms with Gasteiger partial charge in [-0.2, -0.15) is 0 Å². The van der Waals surface area contributed by atoms with Crippen molar-refractivity contribution in [1.29, 1.82) is 0 Å². The van der Waals surface area contributed by atoms with Crippen LogP contribution in [0.25, 0.3) is 0 Å². The van der Waals surface area contributed by atoms with Crippen LogP contribution in [0.1, 0.15) is 32.3 Å². The Balaban J connectivity index is 1.48. The van der Waals surface area contributed by atoms with Crippen molar-refractivity contribution in [2.24, 2.45) is 11.7 Å². The predicted octanol–water partition coefficient (Wildman–Crippen LogP) is 3.03. The quantitative estimate of drug-likeness (QED) is 0.636. The van der Waals surface area contributed by atoms with Gasteiger partial charge in [-0.1, -0.05) is 6.07 Å². The number of aromatic nitrogens is 1. The number of piperidine rings is 1. The summed E-state index contributed by atoms with van der Waals surface area (Å²) in [5.74, 6) is -1.68. The van der Waals surface area contributed by atoms with Crippen LogP contribution in [0.2, 0.25) is 0 Å². The van der Waals surface area contributed by atoms with Crippen molar-refractivity contribution < 1.29 is 18.4 Å². The molecule has 9 heteroatoms. The lowest BCUT2D eigenvalue weighted by Crippen LogP contribution is -2.50. The van der Waals surface area contributed by atoms with Crippen molar-refractivity contribution in [3.05, 3.63) is 59.9 Å². The summed E-state index contributed by atoms with van der Waals surface area (Å²) in [6, 6.07) is 6.19. The minimum absolute atomic E-state index is 0.124. The molecule has 3 amide bonds. The number of nitrogens with one attached hydrogen (secondary N) is 2. The number of anilines is 1. The summed E-state index contributed by atoms with van der Waals surface area (Å²) < 4.78 is 27.3. The second kappa shape index (κ2) is 10.0. The van der Waals surface area contributed by atoms with Crippen LogP contribution in [0.5, 0.6) is 0 Å². The Hall–Kier alpha value is -3.07. The van der Waals surface area contributed by atoms with Crippen LogP contribution >= 0.6 is 0 Å². The molecule has 4 N–H and O–H groups in total. The number of nitrogens with zero attached hydrogens (tertiary/aromatic N) is 2. The first kappa shape index (κ1) is 23.6. The topological polar surface area (TPSA) is 100 Å². The molecule has 1 fully saturated rings. The van der Waals surface area contributed by atoms with Gasteiger partial charge in [-0.3, -0.25) is 9.78 Å². The zero-order valence-corrected chi connectivity index (χ0v) is 18.3. The minimum Gasteiger partial charge on any atom is -0.354 e. The molecule has 0 aliphatic carbocycles. The van der Waals surface area contributed by atoms with Gasteiger partial charge in [0.1, 0.15) is 11.6 Å². The molecule has 1 saturated heterocycles. The van der Waals surface area contributed by atoms with E-state index < -0.39 is 17.0 Å². The Labute approximate surface area is 186 Å². The number of nitrogens with two attached hydrogens (primary N) is 1. The van der Waals surface area contributed by atoms with Crippen LogP contribution in [0.15, 0.2) is 42.7 Å². The van der Waals surface area contributed by atoms with Gasteiger partial charge in [-0.05, 0) is 50.8 Å². The second-order valence-electron chi connectivity index (χ2n) is 8.61. The summed E-state index contributed by atoms with van der Waals surface area (Å²) >= 11 is 0. The number of hydrogen-bond acceptors (Lipinski definition) is 4. The van der Waals surface area contributed by atoms with Crippen molar-refractivity contribution in [2.45, 2.75) is 38.1 Å². The minimum atomic E-state index is -1.17. The first-order valence-corrected chi connectivity index (χ1v) is 10.6. The van der Waals surface area contributed by atoms with E-state index in [0.29, 0.717) is 18.8 Å². The largest absolute Gasteiger partial charge is 0.354 e. The smallest absolute Gasteiger partial charge is 0.321 e. The highest BCUT2D eigenvalue weighted by molar-refractivity contribution is 5.89. The monoisotopic (exact) mass is 445 g/mol. The molecular formula is C23H29F2N5O2. The van der Waals surface area contributed by atoms with E-state index in [-0.39, 0.29) is 36.0 Å². The predicted molar refractivity (Wildman–Crippen MR) is 118 cm³/mol. The molecule has 1 aliphatic heterocycles. The summed E-state index contributed by atoms with van der Waals surface area (Å²) in [4.78, 5) is 30.8. The molecule has 1 unspecified atom stereocenters. The van der Waals surface area contributed by atoms with E-state index >= 15 is 0 Å². The second-order valence-corrected chi connectivity index (χ2v) is 8.61. The standard InChI is InChI=1S/C23H29F2N5O2/c1-23(2,18-4-3-16(24)13-19(18)25)21(31)28-14-20(26)15-7-11-30(12-8-15)22(32)29-17-5-9-27-10-6-17/h3-6,9-10,13,15,20H,7-8,11-12,14,26H2,1-2H3,(H,28,31)(H,27,29,32). The van der Waals surface area contributed by atoms with Gasteiger partial charge in [0.2, 0.25) is 5.91 Å². The number of carbonyl (C=O) groups excluding carboxylic acids is 2. The van der Waals surface area contributed by atoms with E-state index in [1.807, 2.05) is 0 Å². The molecule has 1 aromatic heterocycles. The Morgan fingerprint density at radius 2 is 1.84 bits per heavy atom. The molecule has 32 heavy (non-hydrogen) atoms. The number of urea groups is 1. The number of rotatable bonds is 6. The zero-order valence-electron chi connectivity index (χ0n) is 18.3. The van der Waals surface area contributed by atoms with Crippen molar-refractivity contribution in [1.82, 2.24) is 15.2 Å². The normalized spacial score (nSPS) is 15.8. The molecule has 2 heterocycles. The Kier molecular flexibility index (Phi) is 7.40. The third kappa shape index (κ3) is 5.59. The van der Waals surface area contributed by atoms with Crippen molar-refractivity contribution in [3.8, 4) is 0 Å². The van der Waals surface area contributed by atoms with Crippen molar-refractivity contribution in [2.75, 3.05) is 25.0 Å². The first-order valence-electron chi connectivity index (χ1n) is 10.6. The van der Waals surface area contributed by atoms with Gasteiger partial charge in [0.05, 0.1) is 5.41 Å². The molecule has 1 aromatic carbocycles. The fourth-order valence-electron chi connectivity index (χ4n) is 3.89. The van der Waals surface area contributed by atoms with Crippen LogP contribution in [0, 0.1) is 17.6 Å². The summed E-state index contributed by atoms with van der Waals surface area (Å²) in [5.41, 5.74) is 5.94. The van der Waals surface area contributed by atoms with Gasteiger partial charge in [0.25, 0.3) is 0 Å². The molecule has 1 atom stereocenters. The summed E-state index contributed by atoms with van der Waals surface area (Å²) in [7, 11) is 0. The molecular weight excluding hydrogens is 416 g/mol. The van der Waals surface area contributed by atoms with Crippen LogP contribution in [0.3, 0.4) is 0 Å². The number of halogens is 2. The van der Waals surface area contributed by atoms with Crippen LogP contribution in [0.4, 0.5) is 19.3 Å². The summed E-state index contributed by atoms with van der Waals surface area (Å²) in [5, 5.41) is 5.64. The first-order chi connectivity index (χ1) is 15.2. The molecule has 0 spiro atoms. The van der Waals surface area contributed by atoms with E-state index in [1.165, 1.54) is 6.07 Å². The maximum absolute atomic E-state index is 14.2. The Morgan fingerprint density at radius 1 is 1.19 bits per heavy atom. The van der Waals surface area contributed by atoms with E-state index in [2.05, 4.69) is 15.6 Å². The molecule has 3 rings (SSSR count). The Bertz CT molecular complexity index is 947. The highest BCUT2D eigenvalue weighted by Gasteiger charge is 2.33. The molecule has 0 saturated carbocycles. The van der Waals surface area contributed by atoms with Gasteiger partial charge in [-0.15, -0.1) is 0 Å². The lowest BCUT2D eigenvalue weighted by atomic mass is 9.83. The molecule has 7 nitrogen and oxygen atoms in total. The third-order valence-electron chi connectivity index (χ3n) is 6.03. The van der Waals surface area contributed by atoms with E-state index in [1.54, 1.807) is 43.3 Å². The lowest BCUT2D eigenvalue weighted by Gasteiger charge is -2.35. The van der Waals surface area contributed by atoms with Gasteiger partial charge >= 0.3 is 6.03 Å². The number of hydrogen-bond donors (Lipinski definition) is 3. The van der Waals surface area contributed by atoms with Crippen LogP contribution < -0.4 is 16.4 Å². The zero-order chi connectivity index (χ0) is 23.3. The highest BCUT2D eigenvalue weighted by Crippen LogP contribution is 2.27. The van der Waals surface area contributed by atoms with Crippen molar-refractivity contribution >= 4 is 17.6 Å². The average molecular weight is 446 g/mol. The van der Waals surface area contributed by atoms with Gasteiger partial charge < -0.3 is 21.3 Å². The number of benzene rings is 1. The van der Waals surface area contributed by atoms with E-state index in [9.17, 15) is 18.4 Å². The van der Waals surface area contributed by atoms with E-state index in [4.69, 9.17) is 5.73 Å². The van der Waals surface area contributed by atoms with Crippen LogP contribution in [-0.2, 0) is 10.2 Å². The molecule has 172 valence electrons. The van der Waals surface area contributed by atoms with Crippen LogP contribution in [-0.4, -0.2) is 47.5 Å². The van der Waals surface area contributed by atoms with Crippen molar-refractivity contribution in [3.63, 3.8) is 0 Å². The Morgan fingerprint density at radius 3 is 2.47 bits per heavy atom. The lowest BCUT2D eigenvalue weighted by molar-refractivity contribution is -0.125. The molecule has 1 aliphatic rings. The highest BCUT2D eigenvalue weighted by atomic mass is 19.1. The van der Waals surface area contributed by atoms with E-state index in [0.717, 1.165) is 25.0 Å².